The van der Waals surface area contributed by atoms with Crippen LogP contribution >= 0.6 is 0 Å². The van der Waals surface area contributed by atoms with Gasteiger partial charge in [-0.25, -0.2) is 0 Å². The van der Waals surface area contributed by atoms with Gasteiger partial charge in [-0.3, -0.25) is 9.59 Å². The van der Waals surface area contributed by atoms with E-state index in [1.807, 2.05) is 31.2 Å². The van der Waals surface area contributed by atoms with E-state index < -0.39 is 0 Å². The Hall–Kier alpha value is -3.68. The number of nitrogens with one attached hydrogen (secondary N) is 1. The second-order valence-corrected chi connectivity index (χ2v) is 6.89. The number of ether oxygens (including phenoxy) is 1. The molecule has 0 atom stereocenters. The standard InChI is InChI=1S/C22H24N4O4/c1-15-4-6-16(7-5-15)22-25-24-20(30-22)12-13-21(28)26(2)14-19(27)23-17-8-10-18(29-3)11-9-17/h4-11H,12-14H2,1-3H3,(H,23,27). The van der Waals surface area contributed by atoms with Gasteiger partial charge in [0.25, 0.3) is 0 Å². The van der Waals surface area contributed by atoms with Crippen LogP contribution in [0.2, 0.25) is 0 Å². The van der Waals surface area contributed by atoms with Crippen LogP contribution in [0.4, 0.5) is 5.69 Å². The van der Waals surface area contributed by atoms with E-state index in [4.69, 9.17) is 9.15 Å². The number of methoxy groups -OCH3 is 1. The zero-order chi connectivity index (χ0) is 21.5. The van der Waals surface area contributed by atoms with Crippen molar-refractivity contribution in [1.82, 2.24) is 15.1 Å². The maximum atomic E-state index is 12.3. The Kier molecular flexibility index (Phi) is 6.79. The number of carbonyl (C=O) groups is 2. The molecule has 8 heteroatoms. The fourth-order valence-electron chi connectivity index (χ4n) is 2.75. The molecule has 0 aliphatic heterocycles. The highest BCUT2D eigenvalue weighted by molar-refractivity contribution is 5.94. The molecule has 3 aromatic rings. The molecule has 0 saturated heterocycles. The number of benzene rings is 2. The molecule has 0 bridgehead atoms. The normalized spacial score (nSPS) is 10.5. The van der Waals surface area contributed by atoms with Gasteiger partial charge in [-0.05, 0) is 43.3 Å². The lowest BCUT2D eigenvalue weighted by Gasteiger charge is -2.16. The SMILES string of the molecule is COc1ccc(NC(=O)CN(C)C(=O)CCc2nnc(-c3ccc(C)cc3)o2)cc1. The summed E-state index contributed by atoms with van der Waals surface area (Å²) in [5, 5.41) is 10.8. The lowest BCUT2D eigenvalue weighted by atomic mass is 10.1. The fourth-order valence-corrected chi connectivity index (χ4v) is 2.75. The van der Waals surface area contributed by atoms with Crippen molar-refractivity contribution in [3.05, 3.63) is 60.0 Å². The summed E-state index contributed by atoms with van der Waals surface area (Å²) >= 11 is 0. The van der Waals surface area contributed by atoms with Gasteiger partial charge < -0.3 is 19.4 Å². The van der Waals surface area contributed by atoms with Crippen LogP contribution in [-0.2, 0) is 16.0 Å². The highest BCUT2D eigenvalue weighted by Gasteiger charge is 2.15. The van der Waals surface area contributed by atoms with Crippen LogP contribution in [0.25, 0.3) is 11.5 Å². The number of rotatable bonds is 8. The third-order valence-corrected chi connectivity index (χ3v) is 4.50. The number of nitrogens with zero attached hydrogens (tertiary/aromatic N) is 3. The van der Waals surface area contributed by atoms with Crippen LogP contribution in [0, 0.1) is 6.92 Å². The molecule has 1 heterocycles. The Labute approximate surface area is 174 Å². The summed E-state index contributed by atoms with van der Waals surface area (Å²) in [6.07, 6.45) is 0.476. The molecule has 30 heavy (non-hydrogen) atoms. The zero-order valence-electron chi connectivity index (χ0n) is 17.2. The van der Waals surface area contributed by atoms with E-state index in [1.165, 1.54) is 4.90 Å². The lowest BCUT2D eigenvalue weighted by molar-refractivity contribution is -0.133. The fraction of sp³-hybridized carbons (Fsp3) is 0.273. The largest absolute Gasteiger partial charge is 0.497 e. The number of aryl methyl sites for hydroxylation is 2. The molecule has 1 aromatic heterocycles. The number of aromatic nitrogens is 2. The van der Waals surface area contributed by atoms with Crippen molar-refractivity contribution in [1.29, 1.82) is 0 Å². The summed E-state index contributed by atoms with van der Waals surface area (Å²) in [6.45, 7) is 1.95. The highest BCUT2D eigenvalue weighted by atomic mass is 16.5. The van der Waals surface area contributed by atoms with Gasteiger partial charge in [0.2, 0.25) is 23.6 Å². The number of likely N-dealkylation sites (N-methyl/N-ethyl adjacent to an activating group) is 1. The summed E-state index contributed by atoms with van der Waals surface area (Å²) in [7, 11) is 3.16. The molecule has 0 aliphatic rings. The summed E-state index contributed by atoms with van der Waals surface area (Å²) < 4.78 is 10.7. The minimum absolute atomic E-state index is 0.0523. The number of anilines is 1. The summed E-state index contributed by atoms with van der Waals surface area (Å²) in [6, 6.07) is 14.7. The van der Waals surface area contributed by atoms with Crippen molar-refractivity contribution in [2.75, 3.05) is 26.0 Å². The van der Waals surface area contributed by atoms with E-state index in [-0.39, 0.29) is 24.8 Å². The zero-order valence-corrected chi connectivity index (χ0v) is 17.2. The van der Waals surface area contributed by atoms with Gasteiger partial charge in [0.1, 0.15) is 5.75 Å². The lowest BCUT2D eigenvalue weighted by Crippen LogP contribution is -2.35. The van der Waals surface area contributed by atoms with E-state index >= 15 is 0 Å². The minimum Gasteiger partial charge on any atom is -0.497 e. The van der Waals surface area contributed by atoms with Gasteiger partial charge in [0, 0.05) is 31.1 Å². The van der Waals surface area contributed by atoms with Crippen LogP contribution in [0.3, 0.4) is 0 Å². The maximum Gasteiger partial charge on any atom is 0.247 e. The summed E-state index contributed by atoms with van der Waals surface area (Å²) in [5.41, 5.74) is 2.61. The van der Waals surface area contributed by atoms with Crippen LogP contribution in [0.15, 0.2) is 52.9 Å². The topological polar surface area (TPSA) is 97.6 Å². The second kappa shape index (κ2) is 9.69. The minimum atomic E-state index is -0.282. The quantitative estimate of drug-likeness (QED) is 0.615. The Balaban J connectivity index is 1.47. The van der Waals surface area contributed by atoms with Gasteiger partial charge in [-0.1, -0.05) is 17.7 Å². The predicted molar refractivity (Wildman–Crippen MR) is 112 cm³/mol. The number of hydrogen-bond donors (Lipinski definition) is 1. The molecule has 0 aliphatic carbocycles. The average molecular weight is 408 g/mol. The van der Waals surface area contributed by atoms with Crippen molar-refractivity contribution >= 4 is 17.5 Å². The van der Waals surface area contributed by atoms with Crippen molar-refractivity contribution in [3.8, 4) is 17.2 Å². The Morgan fingerprint density at radius 3 is 2.43 bits per heavy atom. The van der Waals surface area contributed by atoms with E-state index in [0.717, 1.165) is 11.1 Å². The third-order valence-electron chi connectivity index (χ3n) is 4.50. The number of amides is 2. The first-order valence-corrected chi connectivity index (χ1v) is 9.52. The Morgan fingerprint density at radius 1 is 1.07 bits per heavy atom. The third kappa shape index (κ3) is 5.66. The summed E-state index contributed by atoms with van der Waals surface area (Å²) in [5.74, 6) is 1.04. The smallest absolute Gasteiger partial charge is 0.247 e. The van der Waals surface area contributed by atoms with Crippen LogP contribution in [-0.4, -0.2) is 47.6 Å². The predicted octanol–water partition coefficient (Wildman–Crippen LogP) is 3.08. The van der Waals surface area contributed by atoms with E-state index in [9.17, 15) is 9.59 Å². The van der Waals surface area contributed by atoms with Gasteiger partial charge in [-0.2, -0.15) is 0 Å². The molecule has 0 spiro atoms. The van der Waals surface area contributed by atoms with Crippen LogP contribution in [0.5, 0.6) is 5.75 Å². The van der Waals surface area contributed by atoms with Crippen LogP contribution < -0.4 is 10.1 Å². The Morgan fingerprint density at radius 2 is 1.77 bits per heavy atom. The summed E-state index contributed by atoms with van der Waals surface area (Å²) in [4.78, 5) is 25.9. The van der Waals surface area contributed by atoms with Crippen LogP contribution in [0.1, 0.15) is 17.9 Å². The maximum absolute atomic E-state index is 12.3. The molecule has 0 saturated carbocycles. The average Bonchev–Trinajstić information content (AvgIpc) is 3.22. The molecule has 2 amide bonds. The van der Waals surface area contributed by atoms with Crippen molar-refractivity contribution in [2.45, 2.75) is 19.8 Å². The second-order valence-electron chi connectivity index (χ2n) is 6.89. The molecule has 0 unspecified atom stereocenters. The molecular weight excluding hydrogens is 384 g/mol. The van der Waals surface area contributed by atoms with E-state index in [0.29, 0.717) is 29.6 Å². The van der Waals surface area contributed by atoms with Gasteiger partial charge >= 0.3 is 0 Å². The van der Waals surface area contributed by atoms with Gasteiger partial charge in [0.05, 0.1) is 13.7 Å². The molecule has 156 valence electrons. The Bertz CT molecular complexity index is 997. The van der Waals surface area contributed by atoms with Crippen molar-refractivity contribution in [2.24, 2.45) is 0 Å². The van der Waals surface area contributed by atoms with Gasteiger partial charge in [-0.15, -0.1) is 10.2 Å². The van der Waals surface area contributed by atoms with Crippen molar-refractivity contribution < 1.29 is 18.7 Å². The molecule has 3 rings (SSSR count). The first-order chi connectivity index (χ1) is 14.4. The van der Waals surface area contributed by atoms with Gasteiger partial charge in [0.15, 0.2) is 0 Å². The van der Waals surface area contributed by atoms with E-state index in [1.54, 1.807) is 38.4 Å². The number of hydrogen-bond acceptors (Lipinski definition) is 6. The monoisotopic (exact) mass is 408 g/mol. The van der Waals surface area contributed by atoms with Crippen molar-refractivity contribution in [3.63, 3.8) is 0 Å². The molecule has 8 nitrogen and oxygen atoms in total. The molecule has 1 N–H and O–H groups in total. The molecule has 0 radical (unpaired) electrons. The highest BCUT2D eigenvalue weighted by Crippen LogP contribution is 2.19. The molecule has 2 aromatic carbocycles. The first-order valence-electron chi connectivity index (χ1n) is 9.52. The first kappa shape index (κ1) is 21.0. The van der Waals surface area contributed by atoms with E-state index in [2.05, 4.69) is 15.5 Å². The molecule has 0 fully saturated rings. The number of carbonyl (C=O) groups excluding carboxylic acids is 2. The molecular formula is C22H24N4O4.